The van der Waals surface area contributed by atoms with E-state index in [2.05, 4.69) is 37.2 Å². The highest BCUT2D eigenvalue weighted by Crippen LogP contribution is 2.36. The second kappa shape index (κ2) is 10.1. The lowest BCUT2D eigenvalue weighted by molar-refractivity contribution is -0.118. The molecule has 9 heteroatoms. The third-order valence-corrected chi connectivity index (χ3v) is 4.75. The van der Waals surface area contributed by atoms with E-state index in [0.717, 1.165) is 0 Å². The Morgan fingerprint density at radius 2 is 2.17 bits per heavy atom. The van der Waals surface area contributed by atoms with E-state index < -0.39 is 0 Å². The van der Waals surface area contributed by atoms with E-state index in [1.807, 2.05) is 6.92 Å². The van der Waals surface area contributed by atoms with Gasteiger partial charge in [-0.05, 0) is 41.1 Å². The molecule has 1 fully saturated rings. The van der Waals surface area contributed by atoms with Crippen molar-refractivity contribution >= 4 is 33.3 Å². The molecule has 0 radical (unpaired) electrons. The van der Waals surface area contributed by atoms with Crippen LogP contribution in [0, 0.1) is 11.3 Å². The van der Waals surface area contributed by atoms with Crippen molar-refractivity contribution in [2.24, 2.45) is 0 Å². The molecule has 1 saturated heterocycles. The first-order valence-corrected chi connectivity index (χ1v) is 9.98. The first-order valence-electron chi connectivity index (χ1n) is 9.19. The minimum absolute atomic E-state index is 0.220. The molecule has 0 spiro atoms. The van der Waals surface area contributed by atoms with Crippen molar-refractivity contribution in [2.75, 3.05) is 49.7 Å². The molecule has 1 N–H and O–H groups in total. The molecule has 0 unspecified atom stereocenters. The highest BCUT2D eigenvalue weighted by Gasteiger charge is 2.18. The van der Waals surface area contributed by atoms with Gasteiger partial charge in [0.25, 0.3) is 5.91 Å². The van der Waals surface area contributed by atoms with Gasteiger partial charge in [0.1, 0.15) is 0 Å². The summed E-state index contributed by atoms with van der Waals surface area (Å²) < 4.78 is 17.2. The Bertz CT molecular complexity index is 910. The minimum atomic E-state index is -0.328. The Balaban J connectivity index is 1.69. The van der Waals surface area contributed by atoms with Crippen molar-refractivity contribution in [3.8, 4) is 17.6 Å². The average molecular weight is 461 g/mol. The third-order valence-electron chi connectivity index (χ3n) is 4.16. The quantitative estimate of drug-likeness (QED) is 0.677. The van der Waals surface area contributed by atoms with Gasteiger partial charge in [-0.15, -0.1) is 0 Å². The monoisotopic (exact) mass is 460 g/mol. The number of halogens is 1. The zero-order valence-corrected chi connectivity index (χ0v) is 17.6. The average Bonchev–Trinajstić information content (AvgIpc) is 2.74. The fourth-order valence-electron chi connectivity index (χ4n) is 2.88. The molecule has 152 valence electrons. The number of morpholine rings is 1. The molecule has 0 atom stereocenters. The molecule has 1 aromatic heterocycles. The summed E-state index contributed by atoms with van der Waals surface area (Å²) in [6, 6.07) is 8.84. The zero-order valence-electron chi connectivity index (χ0n) is 16.0. The molecular formula is C20H21BrN4O4. The number of nitrogens with one attached hydrogen (secondary N) is 1. The van der Waals surface area contributed by atoms with Gasteiger partial charge in [-0.1, -0.05) is 0 Å². The first kappa shape index (κ1) is 20.9. The van der Waals surface area contributed by atoms with Crippen LogP contribution < -0.4 is 19.7 Å². The van der Waals surface area contributed by atoms with Crippen molar-refractivity contribution in [2.45, 2.75) is 6.92 Å². The summed E-state index contributed by atoms with van der Waals surface area (Å²) in [6.45, 7) is 4.70. The molecule has 29 heavy (non-hydrogen) atoms. The number of rotatable bonds is 7. The van der Waals surface area contributed by atoms with Crippen LogP contribution >= 0.6 is 15.9 Å². The van der Waals surface area contributed by atoms with Crippen molar-refractivity contribution in [1.82, 2.24) is 4.98 Å². The number of carbonyl (C=O) groups excluding carboxylic acids is 1. The zero-order chi connectivity index (χ0) is 20.6. The molecule has 1 amide bonds. The number of nitriles is 1. The summed E-state index contributed by atoms with van der Waals surface area (Å²) >= 11 is 3.37. The van der Waals surface area contributed by atoms with Crippen LogP contribution in [0.2, 0.25) is 0 Å². The predicted molar refractivity (Wildman–Crippen MR) is 111 cm³/mol. The van der Waals surface area contributed by atoms with Gasteiger partial charge in [-0.3, -0.25) is 4.79 Å². The Hall–Kier alpha value is -2.83. The highest BCUT2D eigenvalue weighted by molar-refractivity contribution is 9.10. The van der Waals surface area contributed by atoms with Gasteiger partial charge < -0.3 is 24.4 Å². The number of ether oxygens (including phenoxy) is 3. The number of carbonyl (C=O) groups is 1. The summed E-state index contributed by atoms with van der Waals surface area (Å²) in [6.07, 6.45) is 1.69. The SMILES string of the molecule is CCOc1cc(C#N)cc(Br)c1OCC(=O)Nc1cccnc1N1CCOCC1. The Morgan fingerprint density at radius 1 is 1.38 bits per heavy atom. The maximum Gasteiger partial charge on any atom is 0.262 e. The van der Waals surface area contributed by atoms with Crippen molar-refractivity contribution in [3.63, 3.8) is 0 Å². The third kappa shape index (κ3) is 5.37. The van der Waals surface area contributed by atoms with E-state index >= 15 is 0 Å². The van der Waals surface area contributed by atoms with Gasteiger partial charge in [0, 0.05) is 25.4 Å². The van der Waals surface area contributed by atoms with E-state index in [4.69, 9.17) is 19.5 Å². The molecule has 3 rings (SSSR count). The second-order valence-electron chi connectivity index (χ2n) is 6.14. The standard InChI is InChI=1S/C20H21BrN4O4/c1-2-28-17-11-14(12-22)10-15(21)19(17)29-13-18(26)24-16-4-3-5-23-20(16)25-6-8-27-9-7-25/h3-5,10-11H,2,6-9,13H2,1H3,(H,24,26). The predicted octanol–water partition coefficient (Wildman–Crippen LogP) is 2.97. The van der Waals surface area contributed by atoms with Crippen molar-refractivity contribution in [1.29, 1.82) is 5.26 Å². The van der Waals surface area contributed by atoms with Crippen molar-refractivity contribution in [3.05, 3.63) is 40.5 Å². The molecule has 0 aliphatic carbocycles. The van der Waals surface area contributed by atoms with Gasteiger partial charge in [0.2, 0.25) is 0 Å². The van der Waals surface area contributed by atoms with Crippen LogP contribution in [0.25, 0.3) is 0 Å². The molecule has 1 aliphatic heterocycles. The molecule has 0 bridgehead atoms. The first-order chi connectivity index (χ1) is 14.1. The number of amides is 1. The number of anilines is 2. The summed E-state index contributed by atoms with van der Waals surface area (Å²) in [5.41, 5.74) is 1.05. The fourth-order valence-corrected chi connectivity index (χ4v) is 3.44. The Labute approximate surface area is 177 Å². The molecule has 0 saturated carbocycles. The number of benzene rings is 1. The molecule has 2 heterocycles. The lowest BCUT2D eigenvalue weighted by Crippen LogP contribution is -2.37. The van der Waals surface area contributed by atoms with Gasteiger partial charge >= 0.3 is 0 Å². The van der Waals surface area contributed by atoms with Crippen LogP contribution in [-0.2, 0) is 9.53 Å². The number of hydrogen-bond donors (Lipinski definition) is 1. The van der Waals surface area contributed by atoms with Crippen LogP contribution in [0.5, 0.6) is 11.5 Å². The largest absolute Gasteiger partial charge is 0.490 e. The summed E-state index contributed by atoms with van der Waals surface area (Å²) in [5.74, 6) is 1.16. The maximum atomic E-state index is 12.5. The number of hydrogen-bond acceptors (Lipinski definition) is 7. The summed E-state index contributed by atoms with van der Waals surface area (Å²) in [4.78, 5) is 19.0. The number of aromatic nitrogens is 1. The summed E-state index contributed by atoms with van der Waals surface area (Å²) in [5, 5.41) is 12.0. The number of nitrogens with zero attached hydrogens (tertiary/aromatic N) is 3. The molecule has 2 aromatic rings. The van der Waals surface area contributed by atoms with E-state index in [1.54, 1.807) is 30.5 Å². The minimum Gasteiger partial charge on any atom is -0.490 e. The van der Waals surface area contributed by atoms with Gasteiger partial charge in [0.15, 0.2) is 23.9 Å². The Morgan fingerprint density at radius 3 is 2.90 bits per heavy atom. The highest BCUT2D eigenvalue weighted by atomic mass is 79.9. The van der Waals surface area contributed by atoms with Gasteiger partial charge in [0.05, 0.1) is 41.6 Å². The smallest absolute Gasteiger partial charge is 0.262 e. The molecule has 8 nitrogen and oxygen atoms in total. The maximum absolute atomic E-state index is 12.5. The lowest BCUT2D eigenvalue weighted by atomic mass is 10.2. The van der Waals surface area contributed by atoms with Gasteiger partial charge in [-0.2, -0.15) is 5.26 Å². The lowest BCUT2D eigenvalue weighted by Gasteiger charge is -2.29. The van der Waals surface area contributed by atoms with Crippen LogP contribution in [0.3, 0.4) is 0 Å². The van der Waals surface area contributed by atoms with E-state index in [-0.39, 0.29) is 12.5 Å². The van der Waals surface area contributed by atoms with Crippen LogP contribution in [0.4, 0.5) is 11.5 Å². The topological polar surface area (TPSA) is 96.7 Å². The number of pyridine rings is 1. The Kier molecular flexibility index (Phi) is 7.27. The molecule has 1 aromatic carbocycles. The van der Waals surface area contributed by atoms with E-state index in [9.17, 15) is 4.79 Å². The fraction of sp³-hybridized carbons (Fsp3) is 0.350. The second-order valence-corrected chi connectivity index (χ2v) is 7.00. The van der Waals surface area contributed by atoms with E-state index in [1.165, 1.54) is 0 Å². The molecular weight excluding hydrogens is 440 g/mol. The van der Waals surface area contributed by atoms with E-state index in [0.29, 0.717) is 66.0 Å². The summed E-state index contributed by atoms with van der Waals surface area (Å²) in [7, 11) is 0. The van der Waals surface area contributed by atoms with Crippen LogP contribution in [-0.4, -0.2) is 50.4 Å². The normalized spacial score (nSPS) is 13.5. The molecule has 1 aliphatic rings. The van der Waals surface area contributed by atoms with Gasteiger partial charge in [-0.25, -0.2) is 4.98 Å². The van der Waals surface area contributed by atoms with Crippen molar-refractivity contribution < 1.29 is 19.0 Å². The van der Waals surface area contributed by atoms with Crippen LogP contribution in [0.15, 0.2) is 34.9 Å². The van der Waals surface area contributed by atoms with Crippen LogP contribution in [0.1, 0.15) is 12.5 Å².